The maximum Gasteiger partial charge on any atom is 0.339 e. The van der Waals surface area contributed by atoms with E-state index < -0.39 is 10.1 Å². The predicted octanol–water partition coefficient (Wildman–Crippen LogP) is 5.01. The first-order valence-corrected chi connectivity index (χ1v) is 13.4. The molecular weight excluding hydrogens is 593 g/mol. The molecule has 1 amide bonds. The van der Waals surface area contributed by atoms with Crippen LogP contribution in [0.5, 0.6) is 11.5 Å². The van der Waals surface area contributed by atoms with Crippen molar-refractivity contribution >= 4 is 44.8 Å². The van der Waals surface area contributed by atoms with Crippen LogP contribution in [-0.2, 0) is 10.1 Å². The molecule has 184 valence electrons. The average molecular weight is 615 g/mol. The van der Waals surface area contributed by atoms with Gasteiger partial charge in [0.05, 0.1) is 27.6 Å². The average Bonchev–Trinajstić information content (AvgIpc) is 3.42. The standard InChI is InChI=1S/C26H22IN3O5S/c1-2-34-24-17-19(16-22(27)25(24)35-36(32,33)20-10-4-3-5-11-20)18-28-29-26(31)21-12-6-7-13-23(21)30-14-8-9-15-30/h3-18H,2H2,1H3,(H,29,31)/b28-18-. The zero-order valence-corrected chi connectivity index (χ0v) is 22.1. The van der Waals surface area contributed by atoms with E-state index >= 15 is 0 Å². The van der Waals surface area contributed by atoms with Crippen LogP contribution in [0.25, 0.3) is 5.69 Å². The third kappa shape index (κ3) is 5.94. The van der Waals surface area contributed by atoms with E-state index in [2.05, 4.69) is 10.5 Å². The Morgan fingerprint density at radius 3 is 2.44 bits per heavy atom. The van der Waals surface area contributed by atoms with Gasteiger partial charge in [0.1, 0.15) is 4.90 Å². The molecule has 0 spiro atoms. The zero-order valence-electron chi connectivity index (χ0n) is 19.2. The second-order valence-corrected chi connectivity index (χ2v) is 10.1. The zero-order chi connectivity index (χ0) is 25.5. The van der Waals surface area contributed by atoms with E-state index in [0.717, 1.165) is 5.69 Å². The summed E-state index contributed by atoms with van der Waals surface area (Å²) in [6.07, 6.45) is 5.17. The van der Waals surface area contributed by atoms with Gasteiger partial charge < -0.3 is 13.5 Å². The minimum atomic E-state index is -4.05. The number of nitrogens with one attached hydrogen (secondary N) is 1. The van der Waals surface area contributed by atoms with E-state index in [9.17, 15) is 13.2 Å². The number of hydrogen-bond donors (Lipinski definition) is 1. The first-order valence-electron chi connectivity index (χ1n) is 10.9. The fraction of sp³-hybridized carbons (Fsp3) is 0.0769. The number of rotatable bonds is 9. The molecule has 0 aliphatic rings. The summed E-state index contributed by atoms with van der Waals surface area (Å²) >= 11 is 1.97. The van der Waals surface area contributed by atoms with Crippen LogP contribution in [0.3, 0.4) is 0 Å². The second-order valence-electron chi connectivity index (χ2n) is 7.42. The molecule has 0 fully saturated rings. The van der Waals surface area contributed by atoms with Gasteiger partial charge in [0.15, 0.2) is 11.5 Å². The number of hydrogen-bond acceptors (Lipinski definition) is 6. The van der Waals surface area contributed by atoms with Crippen molar-refractivity contribution in [3.8, 4) is 17.2 Å². The van der Waals surface area contributed by atoms with Gasteiger partial charge in [-0.05, 0) is 83.6 Å². The highest BCUT2D eigenvalue weighted by molar-refractivity contribution is 14.1. The van der Waals surface area contributed by atoms with Crippen molar-refractivity contribution in [3.63, 3.8) is 0 Å². The Bertz CT molecular complexity index is 1490. The van der Waals surface area contributed by atoms with Crippen molar-refractivity contribution in [3.05, 3.63) is 106 Å². The maximum absolute atomic E-state index is 12.8. The molecule has 8 nitrogen and oxygen atoms in total. The van der Waals surface area contributed by atoms with Crippen LogP contribution in [-0.4, -0.2) is 31.7 Å². The molecule has 4 aromatic rings. The molecule has 0 atom stereocenters. The number of carbonyl (C=O) groups excluding carboxylic acids is 1. The number of halogens is 1. The summed E-state index contributed by atoms with van der Waals surface area (Å²) in [7, 11) is -4.05. The number of aromatic nitrogens is 1. The maximum atomic E-state index is 12.8. The minimum absolute atomic E-state index is 0.0387. The Morgan fingerprint density at radius 2 is 1.72 bits per heavy atom. The van der Waals surface area contributed by atoms with Gasteiger partial charge in [-0.25, -0.2) is 5.43 Å². The molecular formula is C26H22IN3O5S. The lowest BCUT2D eigenvalue weighted by Gasteiger charge is -2.14. The van der Waals surface area contributed by atoms with Gasteiger partial charge in [0.25, 0.3) is 5.91 Å². The molecule has 0 radical (unpaired) electrons. The van der Waals surface area contributed by atoms with Gasteiger partial charge in [0, 0.05) is 12.4 Å². The quantitative estimate of drug-likeness (QED) is 0.124. The SMILES string of the molecule is CCOc1cc(/C=N\NC(=O)c2ccccc2-n2cccc2)cc(I)c1OS(=O)(=O)c1ccccc1. The van der Waals surface area contributed by atoms with Crippen LogP contribution in [0, 0.1) is 3.57 Å². The summed E-state index contributed by atoms with van der Waals surface area (Å²) in [6.45, 7) is 2.08. The molecule has 0 saturated heterocycles. The molecule has 0 bridgehead atoms. The van der Waals surface area contributed by atoms with Crippen molar-refractivity contribution in [2.24, 2.45) is 5.10 Å². The Kier molecular flexibility index (Phi) is 8.06. The van der Waals surface area contributed by atoms with E-state index in [0.29, 0.717) is 21.3 Å². The summed E-state index contributed by atoms with van der Waals surface area (Å²) in [6, 6.07) is 22.1. The van der Waals surface area contributed by atoms with Gasteiger partial charge in [-0.3, -0.25) is 4.79 Å². The fourth-order valence-electron chi connectivity index (χ4n) is 3.36. The van der Waals surface area contributed by atoms with Gasteiger partial charge >= 0.3 is 10.1 Å². The van der Waals surface area contributed by atoms with Gasteiger partial charge in [-0.2, -0.15) is 13.5 Å². The van der Waals surface area contributed by atoms with E-state index in [1.54, 1.807) is 49.4 Å². The Balaban J connectivity index is 1.55. The lowest BCUT2D eigenvalue weighted by Crippen LogP contribution is -2.19. The van der Waals surface area contributed by atoms with Crippen molar-refractivity contribution in [2.45, 2.75) is 11.8 Å². The van der Waals surface area contributed by atoms with E-state index in [1.807, 2.05) is 63.8 Å². The lowest BCUT2D eigenvalue weighted by atomic mass is 10.1. The number of para-hydroxylation sites is 1. The molecule has 0 aliphatic heterocycles. The van der Waals surface area contributed by atoms with Crippen molar-refractivity contribution in [2.75, 3.05) is 6.61 Å². The van der Waals surface area contributed by atoms with Crippen molar-refractivity contribution < 1.29 is 22.1 Å². The summed E-state index contributed by atoms with van der Waals surface area (Å²) < 4.78 is 38.9. The van der Waals surface area contributed by atoms with E-state index in [1.165, 1.54) is 18.3 Å². The minimum Gasteiger partial charge on any atom is -0.490 e. The van der Waals surface area contributed by atoms with E-state index in [-0.39, 0.29) is 22.3 Å². The number of amides is 1. The number of nitrogens with zero attached hydrogens (tertiary/aromatic N) is 2. The highest BCUT2D eigenvalue weighted by atomic mass is 127. The molecule has 3 aromatic carbocycles. The third-order valence-corrected chi connectivity index (χ3v) is 7.00. The number of carbonyl (C=O) groups is 1. The molecule has 0 saturated carbocycles. The summed E-state index contributed by atoms with van der Waals surface area (Å²) in [5.74, 6) is -0.0399. The molecule has 10 heteroatoms. The summed E-state index contributed by atoms with van der Waals surface area (Å²) in [5, 5.41) is 4.08. The van der Waals surface area contributed by atoms with Gasteiger partial charge in [0.2, 0.25) is 0 Å². The first-order chi connectivity index (χ1) is 17.4. The smallest absolute Gasteiger partial charge is 0.339 e. The first kappa shape index (κ1) is 25.5. The van der Waals surface area contributed by atoms with Gasteiger partial charge in [-0.15, -0.1) is 0 Å². The topological polar surface area (TPSA) is 99.0 Å². The number of ether oxygens (including phenoxy) is 1. The van der Waals surface area contributed by atoms with Crippen LogP contribution in [0.4, 0.5) is 0 Å². The van der Waals surface area contributed by atoms with Crippen LogP contribution in [0.1, 0.15) is 22.8 Å². The number of benzene rings is 3. The van der Waals surface area contributed by atoms with Crippen LogP contribution < -0.4 is 14.3 Å². The molecule has 36 heavy (non-hydrogen) atoms. The second kappa shape index (κ2) is 11.4. The number of hydrazone groups is 1. The van der Waals surface area contributed by atoms with Crippen molar-refractivity contribution in [1.29, 1.82) is 0 Å². The highest BCUT2D eigenvalue weighted by Gasteiger charge is 2.22. The largest absolute Gasteiger partial charge is 0.490 e. The van der Waals surface area contributed by atoms with Crippen LogP contribution >= 0.6 is 22.6 Å². The van der Waals surface area contributed by atoms with E-state index in [4.69, 9.17) is 8.92 Å². The molecule has 1 N–H and O–H groups in total. The summed E-state index contributed by atoms with van der Waals surface area (Å²) in [5.41, 5.74) is 4.32. The molecule has 0 aliphatic carbocycles. The monoisotopic (exact) mass is 615 g/mol. The van der Waals surface area contributed by atoms with Gasteiger partial charge in [-0.1, -0.05) is 30.3 Å². The van der Waals surface area contributed by atoms with Crippen molar-refractivity contribution in [1.82, 2.24) is 9.99 Å². The molecule has 4 rings (SSSR count). The van der Waals surface area contributed by atoms with Crippen LogP contribution in [0.2, 0.25) is 0 Å². The van der Waals surface area contributed by atoms with Crippen LogP contribution in [0.15, 0.2) is 101 Å². The lowest BCUT2D eigenvalue weighted by molar-refractivity contribution is 0.0955. The summed E-state index contributed by atoms with van der Waals surface area (Å²) in [4.78, 5) is 12.8. The molecule has 0 unspecified atom stereocenters. The predicted molar refractivity (Wildman–Crippen MR) is 145 cm³/mol. The molecule has 1 heterocycles. The fourth-order valence-corrected chi connectivity index (χ4v) is 5.23. The highest BCUT2D eigenvalue weighted by Crippen LogP contribution is 2.36. The third-order valence-electron chi connectivity index (χ3n) is 4.97. The molecule has 1 aromatic heterocycles. The Hall–Kier alpha value is -3.64. The normalized spacial score (nSPS) is 11.4. The Morgan fingerprint density at radius 1 is 1.03 bits per heavy atom. The Labute approximate surface area is 222 Å².